The molecule has 0 aliphatic heterocycles. The van der Waals surface area contributed by atoms with Crippen LogP contribution in [-0.4, -0.2) is 23.8 Å². The highest BCUT2D eigenvalue weighted by atomic mass is 35.5. The van der Waals surface area contributed by atoms with E-state index in [2.05, 4.69) is 10.3 Å². The van der Waals surface area contributed by atoms with Crippen LogP contribution in [0, 0.1) is 5.82 Å². The molecule has 27 heavy (non-hydrogen) atoms. The normalized spacial score (nSPS) is 10.8. The Morgan fingerprint density at radius 2 is 2.07 bits per heavy atom. The van der Waals surface area contributed by atoms with Gasteiger partial charge in [0.05, 0.1) is 17.9 Å². The van der Waals surface area contributed by atoms with Gasteiger partial charge in [-0.15, -0.1) is 11.8 Å². The van der Waals surface area contributed by atoms with Crippen LogP contribution in [-0.2, 0) is 10.5 Å². The molecule has 0 saturated carbocycles. The van der Waals surface area contributed by atoms with Gasteiger partial charge in [-0.25, -0.2) is 4.39 Å². The number of anilines is 1. The molecule has 0 unspecified atom stereocenters. The number of amides is 1. The van der Waals surface area contributed by atoms with Crippen molar-refractivity contribution >= 4 is 45.9 Å². The first-order valence-electron chi connectivity index (χ1n) is 7.99. The molecular weight excluding hydrogens is 391 g/mol. The van der Waals surface area contributed by atoms with E-state index >= 15 is 0 Å². The van der Waals surface area contributed by atoms with Crippen molar-refractivity contribution in [2.45, 2.75) is 5.75 Å². The molecule has 0 radical (unpaired) electrons. The maximum absolute atomic E-state index is 13.1. The lowest BCUT2D eigenvalue weighted by molar-refractivity contribution is -0.113. The number of rotatable bonds is 6. The number of carbonyl (C=O) groups is 1. The van der Waals surface area contributed by atoms with E-state index < -0.39 is 5.82 Å². The van der Waals surface area contributed by atoms with Crippen molar-refractivity contribution in [2.24, 2.45) is 0 Å². The third-order valence-electron chi connectivity index (χ3n) is 3.79. The van der Waals surface area contributed by atoms with Crippen molar-refractivity contribution in [3.8, 4) is 5.75 Å². The summed E-state index contributed by atoms with van der Waals surface area (Å²) in [5.41, 5.74) is 1.76. The minimum atomic E-state index is -0.540. The molecule has 0 bridgehead atoms. The van der Waals surface area contributed by atoms with E-state index in [0.29, 0.717) is 28.1 Å². The first-order valence-corrected chi connectivity index (χ1v) is 9.52. The number of thioether (sulfide) groups is 1. The largest absolute Gasteiger partial charge is 0.497 e. The molecule has 3 rings (SSSR count). The predicted octanol–water partition coefficient (Wildman–Crippen LogP) is 4.20. The molecular formula is C19H16ClFN2O3S. The smallest absolute Gasteiger partial charge is 0.234 e. The highest BCUT2D eigenvalue weighted by Gasteiger charge is 2.08. The average Bonchev–Trinajstić information content (AvgIpc) is 2.64. The van der Waals surface area contributed by atoms with Crippen LogP contribution in [0.4, 0.5) is 10.1 Å². The molecule has 8 heteroatoms. The molecule has 0 fully saturated rings. The maximum Gasteiger partial charge on any atom is 0.234 e. The van der Waals surface area contributed by atoms with Crippen molar-refractivity contribution in [1.82, 2.24) is 4.98 Å². The summed E-state index contributed by atoms with van der Waals surface area (Å²) in [6.45, 7) is 0. The van der Waals surface area contributed by atoms with Gasteiger partial charge in [-0.3, -0.25) is 9.59 Å². The lowest BCUT2D eigenvalue weighted by Crippen LogP contribution is -2.14. The number of hydrogen-bond acceptors (Lipinski definition) is 4. The number of ether oxygens (including phenoxy) is 1. The molecule has 0 aliphatic rings. The van der Waals surface area contributed by atoms with Crippen LogP contribution in [0.2, 0.25) is 5.02 Å². The number of pyridine rings is 1. The van der Waals surface area contributed by atoms with Crippen molar-refractivity contribution in [2.75, 3.05) is 18.2 Å². The summed E-state index contributed by atoms with van der Waals surface area (Å²) in [7, 11) is 1.55. The Hall–Kier alpha value is -2.51. The number of carbonyl (C=O) groups excluding carboxylic acids is 1. The van der Waals surface area contributed by atoms with Crippen LogP contribution < -0.4 is 15.5 Å². The third kappa shape index (κ3) is 4.81. The lowest BCUT2D eigenvalue weighted by Gasteiger charge is -2.07. The number of nitrogens with one attached hydrogen (secondary N) is 2. The Morgan fingerprint density at radius 1 is 1.26 bits per heavy atom. The number of aromatic amines is 1. The molecule has 0 aliphatic carbocycles. The number of halogens is 2. The maximum atomic E-state index is 13.1. The molecule has 0 saturated heterocycles. The SMILES string of the molecule is COc1ccc2[nH]c(CSCC(=O)Nc3ccc(F)c(Cl)c3)cc(=O)c2c1. The summed E-state index contributed by atoms with van der Waals surface area (Å²) in [5, 5.41) is 3.15. The van der Waals surface area contributed by atoms with Gasteiger partial charge in [0.25, 0.3) is 0 Å². The highest BCUT2D eigenvalue weighted by Crippen LogP contribution is 2.20. The number of methoxy groups -OCH3 is 1. The summed E-state index contributed by atoms with van der Waals surface area (Å²) in [5.74, 6) is 0.483. The van der Waals surface area contributed by atoms with E-state index in [1.54, 1.807) is 25.3 Å². The van der Waals surface area contributed by atoms with Gasteiger partial charge in [0.1, 0.15) is 11.6 Å². The lowest BCUT2D eigenvalue weighted by atomic mass is 10.2. The molecule has 5 nitrogen and oxygen atoms in total. The minimum Gasteiger partial charge on any atom is -0.497 e. The molecule has 140 valence electrons. The zero-order valence-electron chi connectivity index (χ0n) is 14.3. The molecule has 2 N–H and O–H groups in total. The summed E-state index contributed by atoms with van der Waals surface area (Å²) < 4.78 is 18.3. The fourth-order valence-electron chi connectivity index (χ4n) is 2.51. The van der Waals surface area contributed by atoms with Crippen LogP contribution in [0.15, 0.2) is 47.3 Å². The van der Waals surface area contributed by atoms with Crippen molar-refractivity contribution in [3.63, 3.8) is 0 Å². The molecule has 1 amide bonds. The van der Waals surface area contributed by atoms with Crippen LogP contribution in [0.1, 0.15) is 5.69 Å². The van der Waals surface area contributed by atoms with Gasteiger partial charge in [0.2, 0.25) is 5.91 Å². The van der Waals surface area contributed by atoms with Crippen LogP contribution >= 0.6 is 23.4 Å². The van der Waals surface area contributed by atoms with Gasteiger partial charge in [-0.2, -0.15) is 0 Å². The van der Waals surface area contributed by atoms with Gasteiger partial charge >= 0.3 is 0 Å². The highest BCUT2D eigenvalue weighted by molar-refractivity contribution is 7.99. The predicted molar refractivity (Wildman–Crippen MR) is 107 cm³/mol. The van der Waals surface area contributed by atoms with Crippen LogP contribution in [0.25, 0.3) is 10.9 Å². The van der Waals surface area contributed by atoms with E-state index in [1.165, 1.54) is 36.0 Å². The molecule has 2 aromatic carbocycles. The van der Waals surface area contributed by atoms with Gasteiger partial charge in [0, 0.05) is 34.1 Å². The average molecular weight is 407 g/mol. The van der Waals surface area contributed by atoms with Gasteiger partial charge < -0.3 is 15.0 Å². The number of hydrogen-bond donors (Lipinski definition) is 2. The Bertz CT molecular complexity index is 1050. The Labute approximate surface area is 163 Å². The summed E-state index contributed by atoms with van der Waals surface area (Å²) in [4.78, 5) is 27.4. The van der Waals surface area contributed by atoms with E-state index in [9.17, 15) is 14.0 Å². The second kappa shape index (κ2) is 8.45. The Kier molecular flexibility index (Phi) is 6.03. The Morgan fingerprint density at radius 3 is 2.81 bits per heavy atom. The summed E-state index contributed by atoms with van der Waals surface area (Å²) in [6, 6.07) is 10.8. The fraction of sp³-hybridized carbons (Fsp3) is 0.158. The van der Waals surface area contributed by atoms with Crippen molar-refractivity contribution in [1.29, 1.82) is 0 Å². The van der Waals surface area contributed by atoms with Gasteiger partial charge in [-0.05, 0) is 36.4 Å². The van der Waals surface area contributed by atoms with E-state index in [4.69, 9.17) is 16.3 Å². The third-order valence-corrected chi connectivity index (χ3v) is 5.06. The first kappa shape index (κ1) is 19.3. The number of benzene rings is 2. The summed E-state index contributed by atoms with van der Waals surface area (Å²) >= 11 is 7.04. The first-order chi connectivity index (χ1) is 13.0. The molecule has 1 aromatic heterocycles. The molecule has 1 heterocycles. The second-order valence-electron chi connectivity index (χ2n) is 5.74. The van der Waals surface area contributed by atoms with E-state index in [1.807, 2.05) is 0 Å². The topological polar surface area (TPSA) is 71.2 Å². The second-order valence-corrected chi connectivity index (χ2v) is 7.13. The van der Waals surface area contributed by atoms with Crippen molar-refractivity contribution < 1.29 is 13.9 Å². The number of H-pyrrole nitrogens is 1. The quantitative estimate of drug-likeness (QED) is 0.643. The Balaban J connectivity index is 1.60. The number of fused-ring (bicyclic) bond motifs is 1. The monoisotopic (exact) mass is 406 g/mol. The zero-order chi connectivity index (χ0) is 19.4. The fourth-order valence-corrected chi connectivity index (χ4v) is 3.43. The zero-order valence-corrected chi connectivity index (χ0v) is 15.9. The molecule has 0 atom stereocenters. The van der Waals surface area contributed by atoms with Crippen LogP contribution in [0.3, 0.4) is 0 Å². The molecule has 0 spiro atoms. The van der Waals surface area contributed by atoms with Crippen molar-refractivity contribution in [3.05, 3.63) is 69.2 Å². The summed E-state index contributed by atoms with van der Waals surface area (Å²) in [6.07, 6.45) is 0. The number of aromatic nitrogens is 1. The van der Waals surface area contributed by atoms with E-state index in [0.717, 1.165) is 5.69 Å². The minimum absolute atomic E-state index is 0.0502. The van der Waals surface area contributed by atoms with E-state index in [-0.39, 0.29) is 22.1 Å². The molecule has 3 aromatic rings. The van der Waals surface area contributed by atoms with Gasteiger partial charge in [0.15, 0.2) is 5.43 Å². The van der Waals surface area contributed by atoms with Gasteiger partial charge in [-0.1, -0.05) is 11.6 Å². The van der Waals surface area contributed by atoms with Crippen LogP contribution in [0.5, 0.6) is 5.75 Å². The standard InChI is InChI=1S/C19H16ClFN2O3S/c1-26-13-3-5-17-14(8-13)18(24)7-12(22-17)9-27-10-19(25)23-11-2-4-16(21)15(20)6-11/h2-8H,9-10H2,1H3,(H,22,24)(H,23,25).